The van der Waals surface area contributed by atoms with Crippen LogP contribution in [0.2, 0.25) is 10.3 Å². The van der Waals surface area contributed by atoms with E-state index in [-0.39, 0.29) is 29.4 Å². The normalized spacial score (nSPS) is 13.8. The molecule has 4 aromatic heterocycles. The lowest BCUT2D eigenvalue weighted by Gasteiger charge is -2.12. The number of carbonyl (C=O) groups is 1. The molecule has 0 aromatic carbocycles. The Balaban J connectivity index is 0.000000160. The summed E-state index contributed by atoms with van der Waals surface area (Å²) >= 11 is 11.5. The predicted octanol–water partition coefficient (Wildman–Crippen LogP) is 1.46. The smallest absolute Gasteiger partial charge is 0.271 e. The minimum Gasteiger partial charge on any atom is -0.348 e. The van der Waals surface area contributed by atoms with E-state index in [1.807, 2.05) is 0 Å². The predicted molar refractivity (Wildman–Crippen MR) is 119 cm³/mol. The van der Waals surface area contributed by atoms with E-state index in [1.54, 1.807) is 24.3 Å². The van der Waals surface area contributed by atoms with Gasteiger partial charge in [0.25, 0.3) is 11.1 Å². The first-order valence-corrected chi connectivity index (χ1v) is 10.4. The largest absolute Gasteiger partial charge is 0.348 e. The summed E-state index contributed by atoms with van der Waals surface area (Å²) < 4.78 is 13.3. The maximum atomic E-state index is 11.8. The monoisotopic (exact) mass is 490 g/mol. The highest BCUT2D eigenvalue weighted by Crippen LogP contribution is 2.14. The molecule has 1 fully saturated rings. The van der Waals surface area contributed by atoms with Crippen LogP contribution in [-0.4, -0.2) is 54.9 Å². The second-order valence-electron chi connectivity index (χ2n) is 6.71. The summed E-state index contributed by atoms with van der Waals surface area (Å²) in [6.07, 6.45) is 2.62. The van der Waals surface area contributed by atoms with Crippen molar-refractivity contribution in [3.05, 3.63) is 67.7 Å². The Morgan fingerprint density at radius 1 is 0.879 bits per heavy atom. The van der Waals surface area contributed by atoms with Crippen molar-refractivity contribution < 1.29 is 14.3 Å². The van der Waals surface area contributed by atoms with Gasteiger partial charge in [0, 0.05) is 0 Å². The molecular weight excluding hydrogens is 475 g/mol. The number of hydrogen-bond donors (Lipinski definition) is 0. The van der Waals surface area contributed by atoms with Gasteiger partial charge in [-0.05, 0) is 24.3 Å². The molecule has 0 aliphatic carbocycles. The van der Waals surface area contributed by atoms with Gasteiger partial charge in [0.1, 0.15) is 27.6 Å². The Labute approximate surface area is 195 Å². The van der Waals surface area contributed by atoms with Crippen molar-refractivity contribution >= 4 is 51.8 Å². The molecule has 0 unspecified atom stereocenters. The summed E-state index contributed by atoms with van der Waals surface area (Å²) in [7, 11) is 0. The number of nitrogens with zero attached hydrogens (tertiary/aromatic N) is 6. The first kappa shape index (κ1) is 22.9. The SMILES string of the molecule is O=CCn1c(=O)cnc2ccc(Cl)nc21.O=c1cnc2ccc(Cl)nc2n1CC1OCCO1. The van der Waals surface area contributed by atoms with Crippen molar-refractivity contribution in [1.82, 2.24) is 29.1 Å². The molecule has 5 heterocycles. The van der Waals surface area contributed by atoms with Crippen molar-refractivity contribution in [2.24, 2.45) is 0 Å². The highest BCUT2D eigenvalue weighted by atomic mass is 35.5. The molecule has 0 atom stereocenters. The molecule has 0 spiro atoms. The van der Waals surface area contributed by atoms with Gasteiger partial charge in [-0.1, -0.05) is 23.2 Å². The van der Waals surface area contributed by atoms with Gasteiger partial charge in [-0.25, -0.2) is 19.9 Å². The fourth-order valence-electron chi connectivity index (χ4n) is 3.12. The number of aldehydes is 1. The zero-order valence-corrected chi connectivity index (χ0v) is 18.4. The summed E-state index contributed by atoms with van der Waals surface area (Å²) in [4.78, 5) is 49.7. The summed E-state index contributed by atoms with van der Waals surface area (Å²) in [6, 6.07) is 6.57. The minimum absolute atomic E-state index is 0.0504. The van der Waals surface area contributed by atoms with Crippen molar-refractivity contribution in [1.29, 1.82) is 0 Å². The number of hydrogen-bond acceptors (Lipinski definition) is 9. The van der Waals surface area contributed by atoms with Crippen LogP contribution in [0.1, 0.15) is 0 Å². The van der Waals surface area contributed by atoms with Gasteiger partial charge in [-0.2, -0.15) is 0 Å². The number of carbonyl (C=O) groups excluding carboxylic acids is 1. The molecule has 1 saturated heterocycles. The molecule has 170 valence electrons. The Morgan fingerprint density at radius 3 is 1.94 bits per heavy atom. The number of aromatic nitrogens is 6. The van der Waals surface area contributed by atoms with Crippen LogP contribution in [0, 0.1) is 0 Å². The lowest BCUT2D eigenvalue weighted by atomic mass is 10.4. The van der Waals surface area contributed by atoms with E-state index in [0.29, 0.717) is 47.0 Å². The van der Waals surface area contributed by atoms with Crippen molar-refractivity contribution in [3.8, 4) is 0 Å². The molecule has 4 aromatic rings. The first-order valence-electron chi connectivity index (χ1n) is 9.67. The van der Waals surface area contributed by atoms with Gasteiger partial charge in [-0.3, -0.25) is 18.7 Å². The van der Waals surface area contributed by atoms with Gasteiger partial charge in [0.05, 0.1) is 38.7 Å². The average molecular weight is 491 g/mol. The third kappa shape index (κ3) is 5.22. The van der Waals surface area contributed by atoms with Gasteiger partial charge in [-0.15, -0.1) is 0 Å². The molecule has 1 aliphatic heterocycles. The summed E-state index contributed by atoms with van der Waals surface area (Å²) in [5.41, 5.74) is 1.27. The van der Waals surface area contributed by atoms with Crippen LogP contribution in [0.3, 0.4) is 0 Å². The molecule has 0 saturated carbocycles. The number of fused-ring (bicyclic) bond motifs is 2. The van der Waals surface area contributed by atoms with E-state index in [0.717, 1.165) is 6.20 Å². The van der Waals surface area contributed by atoms with Crippen LogP contribution in [0.4, 0.5) is 0 Å². The van der Waals surface area contributed by atoms with Crippen LogP contribution in [0.15, 0.2) is 46.2 Å². The first-order chi connectivity index (χ1) is 16.0. The van der Waals surface area contributed by atoms with Crippen molar-refractivity contribution in [2.75, 3.05) is 13.2 Å². The second kappa shape index (κ2) is 10.1. The quantitative estimate of drug-likeness (QED) is 0.308. The van der Waals surface area contributed by atoms with Crippen LogP contribution in [-0.2, 0) is 27.4 Å². The summed E-state index contributed by atoms with van der Waals surface area (Å²) in [6.45, 7) is 1.31. The molecule has 33 heavy (non-hydrogen) atoms. The fraction of sp³-hybridized carbons (Fsp3) is 0.250. The topological polar surface area (TPSA) is 131 Å². The van der Waals surface area contributed by atoms with Gasteiger partial charge in [0.15, 0.2) is 17.6 Å². The lowest BCUT2D eigenvalue weighted by molar-refractivity contribution is -0.108. The van der Waals surface area contributed by atoms with Gasteiger partial charge in [0.2, 0.25) is 0 Å². The zero-order valence-electron chi connectivity index (χ0n) is 16.9. The second-order valence-corrected chi connectivity index (χ2v) is 7.48. The highest BCUT2D eigenvalue weighted by molar-refractivity contribution is 6.30. The van der Waals surface area contributed by atoms with Gasteiger partial charge < -0.3 is 14.3 Å². The molecule has 0 radical (unpaired) electrons. The maximum absolute atomic E-state index is 11.8. The number of halogens is 2. The van der Waals surface area contributed by atoms with E-state index in [1.165, 1.54) is 15.3 Å². The summed E-state index contributed by atoms with van der Waals surface area (Å²) in [5, 5.41) is 0.575. The van der Waals surface area contributed by atoms with Gasteiger partial charge >= 0.3 is 0 Å². The third-order valence-corrected chi connectivity index (χ3v) is 5.01. The lowest BCUT2D eigenvalue weighted by Crippen LogP contribution is -2.28. The Hall–Kier alpha value is -3.25. The Bertz CT molecular complexity index is 1430. The molecule has 0 bridgehead atoms. The van der Waals surface area contributed by atoms with E-state index < -0.39 is 6.29 Å². The third-order valence-electron chi connectivity index (χ3n) is 4.59. The van der Waals surface area contributed by atoms with E-state index >= 15 is 0 Å². The van der Waals surface area contributed by atoms with Crippen LogP contribution in [0.5, 0.6) is 0 Å². The Kier molecular flexibility index (Phi) is 7.04. The molecule has 0 amide bonds. The highest BCUT2D eigenvalue weighted by Gasteiger charge is 2.18. The standard InChI is InChI=1S/C11H10ClN3O3.C9H6ClN3O2/c12-8-2-1-7-11(14-8)15(9(16)5-13-7)6-10-17-3-4-18-10;10-7-2-1-6-9(12-7)13(3-4-14)8(15)5-11-6/h1-2,5,10H,3-4,6H2;1-2,4-5H,3H2. The van der Waals surface area contributed by atoms with Crippen molar-refractivity contribution in [2.45, 2.75) is 19.4 Å². The molecule has 13 heteroatoms. The maximum Gasteiger partial charge on any atom is 0.271 e. The van der Waals surface area contributed by atoms with E-state index in [2.05, 4.69) is 19.9 Å². The zero-order chi connectivity index (χ0) is 23.4. The molecule has 5 rings (SSSR count). The number of ether oxygens (including phenoxy) is 2. The average Bonchev–Trinajstić information content (AvgIpc) is 3.32. The van der Waals surface area contributed by atoms with E-state index in [4.69, 9.17) is 32.7 Å². The molecular formula is C20H16Cl2N6O5. The number of pyridine rings is 2. The minimum atomic E-state index is -0.422. The van der Waals surface area contributed by atoms with Crippen molar-refractivity contribution in [3.63, 3.8) is 0 Å². The molecule has 1 aliphatic rings. The number of rotatable bonds is 4. The van der Waals surface area contributed by atoms with Crippen LogP contribution in [0.25, 0.3) is 22.3 Å². The fourth-order valence-corrected chi connectivity index (χ4v) is 3.41. The molecule has 0 N–H and O–H groups in total. The molecule has 11 nitrogen and oxygen atoms in total. The Morgan fingerprint density at radius 2 is 1.39 bits per heavy atom. The van der Waals surface area contributed by atoms with Crippen LogP contribution >= 0.6 is 23.2 Å². The summed E-state index contributed by atoms with van der Waals surface area (Å²) in [5.74, 6) is 0. The van der Waals surface area contributed by atoms with Crippen LogP contribution < -0.4 is 11.1 Å². The van der Waals surface area contributed by atoms with E-state index in [9.17, 15) is 14.4 Å².